The van der Waals surface area contributed by atoms with Gasteiger partial charge in [-0.1, -0.05) is 11.6 Å². The van der Waals surface area contributed by atoms with Gasteiger partial charge >= 0.3 is 0 Å². The highest BCUT2D eigenvalue weighted by Gasteiger charge is 2.20. The molecule has 2 aromatic carbocycles. The van der Waals surface area contributed by atoms with Crippen LogP contribution >= 0.6 is 11.6 Å². The number of Topliss-reactive ketones (excluding diaryl/α,β-unsaturated/α-hetero) is 1. The lowest BCUT2D eigenvalue weighted by Crippen LogP contribution is -2.47. The van der Waals surface area contributed by atoms with Gasteiger partial charge < -0.3 is 9.64 Å². The van der Waals surface area contributed by atoms with Gasteiger partial charge in [0.05, 0.1) is 11.6 Å². The summed E-state index contributed by atoms with van der Waals surface area (Å²) in [4.78, 5) is 16.5. The molecule has 0 atom stereocenters. The second-order valence-corrected chi connectivity index (χ2v) is 6.97. The highest BCUT2D eigenvalue weighted by atomic mass is 35.5. The average molecular weight is 384 g/mol. The van der Waals surface area contributed by atoms with Gasteiger partial charge in [0.25, 0.3) is 0 Å². The molecule has 0 spiro atoms. The maximum absolute atomic E-state index is 11.9. The molecule has 0 aliphatic carbocycles. The summed E-state index contributed by atoms with van der Waals surface area (Å²) in [6, 6.07) is 14.8. The lowest BCUT2D eigenvalue weighted by molar-refractivity contribution is 0.101. The van der Waals surface area contributed by atoms with Crippen LogP contribution in [0.15, 0.2) is 42.5 Å². The van der Waals surface area contributed by atoms with Gasteiger partial charge in [-0.15, -0.1) is 0 Å². The molecule has 1 heterocycles. The van der Waals surface area contributed by atoms with Crippen molar-refractivity contribution in [3.05, 3.63) is 58.6 Å². The normalized spacial score (nSPS) is 14.6. The molecule has 27 heavy (non-hydrogen) atoms. The number of nitrogens with zero attached hydrogens (tertiary/aromatic N) is 3. The summed E-state index contributed by atoms with van der Waals surface area (Å²) in [7, 11) is 0. The number of carbonyl (C=O) groups is 1. The summed E-state index contributed by atoms with van der Waals surface area (Å²) < 4.78 is 5.76. The van der Waals surface area contributed by atoms with Crippen molar-refractivity contribution in [2.24, 2.45) is 0 Å². The number of benzene rings is 2. The van der Waals surface area contributed by atoms with Crippen LogP contribution in [0.4, 0.5) is 5.69 Å². The van der Waals surface area contributed by atoms with E-state index in [2.05, 4.69) is 15.9 Å². The second kappa shape index (κ2) is 8.90. The molecule has 0 aromatic heterocycles. The van der Waals surface area contributed by atoms with Gasteiger partial charge in [0.15, 0.2) is 5.78 Å². The van der Waals surface area contributed by atoms with E-state index in [1.54, 1.807) is 19.1 Å². The minimum atomic E-state index is 0.0216. The molecule has 2 aromatic rings. The van der Waals surface area contributed by atoms with E-state index in [9.17, 15) is 4.79 Å². The van der Waals surface area contributed by atoms with E-state index in [-0.39, 0.29) is 5.78 Å². The van der Waals surface area contributed by atoms with Crippen LogP contribution in [-0.2, 0) is 0 Å². The summed E-state index contributed by atoms with van der Waals surface area (Å²) in [5.41, 5.74) is 2.11. The Bertz CT molecular complexity index is 837. The standard InChI is InChI=1S/C21H22ClN3O2/c1-16(26)20-7-2-17(15-23)14-21(20)25-10-8-24(9-11-25)12-13-27-19-5-3-18(22)4-6-19/h2-7,14H,8-13H2,1H3. The Labute approximate surface area is 164 Å². The first-order valence-corrected chi connectivity index (χ1v) is 9.35. The van der Waals surface area contributed by atoms with Gasteiger partial charge in [0.1, 0.15) is 12.4 Å². The highest BCUT2D eigenvalue weighted by Crippen LogP contribution is 2.24. The van der Waals surface area contributed by atoms with Gasteiger partial charge in [-0.2, -0.15) is 5.26 Å². The number of rotatable bonds is 6. The number of ketones is 1. The van der Waals surface area contributed by atoms with Gasteiger partial charge in [0, 0.05) is 49.0 Å². The number of piperazine rings is 1. The third-order valence-electron chi connectivity index (χ3n) is 4.71. The summed E-state index contributed by atoms with van der Waals surface area (Å²) >= 11 is 5.87. The van der Waals surface area contributed by atoms with Crippen molar-refractivity contribution in [1.82, 2.24) is 4.90 Å². The first kappa shape index (κ1) is 19.2. The third kappa shape index (κ3) is 5.00. The van der Waals surface area contributed by atoms with Crippen molar-refractivity contribution in [1.29, 1.82) is 5.26 Å². The first-order valence-electron chi connectivity index (χ1n) is 8.97. The number of carbonyl (C=O) groups excluding carboxylic acids is 1. The number of halogens is 1. The maximum atomic E-state index is 11.9. The Hall–Kier alpha value is -2.55. The van der Waals surface area contributed by atoms with Crippen LogP contribution in [0.25, 0.3) is 0 Å². The fourth-order valence-corrected chi connectivity index (χ4v) is 3.32. The van der Waals surface area contributed by atoms with Crippen LogP contribution in [0, 0.1) is 11.3 Å². The zero-order valence-electron chi connectivity index (χ0n) is 15.3. The molecule has 0 N–H and O–H groups in total. The minimum Gasteiger partial charge on any atom is -0.492 e. The van der Waals surface area contributed by atoms with E-state index in [1.807, 2.05) is 30.3 Å². The van der Waals surface area contributed by atoms with Crippen LogP contribution in [0.2, 0.25) is 5.02 Å². The molecular weight excluding hydrogens is 362 g/mol. The largest absolute Gasteiger partial charge is 0.492 e. The number of hydrogen-bond donors (Lipinski definition) is 0. The van der Waals surface area contributed by atoms with Gasteiger partial charge in [-0.25, -0.2) is 0 Å². The average Bonchev–Trinajstić information content (AvgIpc) is 2.69. The van der Waals surface area contributed by atoms with Crippen molar-refractivity contribution < 1.29 is 9.53 Å². The molecule has 1 aliphatic rings. The van der Waals surface area contributed by atoms with Crippen molar-refractivity contribution in [2.45, 2.75) is 6.92 Å². The molecule has 5 nitrogen and oxygen atoms in total. The van der Waals surface area contributed by atoms with Crippen LogP contribution in [0.1, 0.15) is 22.8 Å². The predicted molar refractivity (Wildman–Crippen MR) is 107 cm³/mol. The fraction of sp³-hybridized carbons (Fsp3) is 0.333. The predicted octanol–water partition coefficient (Wildman–Crippen LogP) is 3.62. The van der Waals surface area contributed by atoms with Crippen molar-refractivity contribution in [3.63, 3.8) is 0 Å². The summed E-state index contributed by atoms with van der Waals surface area (Å²) in [5.74, 6) is 0.839. The molecule has 1 fully saturated rings. The van der Waals surface area contributed by atoms with Crippen molar-refractivity contribution >= 4 is 23.1 Å². The molecule has 0 radical (unpaired) electrons. The molecule has 6 heteroatoms. The van der Waals surface area contributed by atoms with Crippen LogP contribution in [0.3, 0.4) is 0 Å². The Kier molecular flexibility index (Phi) is 6.33. The van der Waals surface area contributed by atoms with E-state index in [0.717, 1.165) is 44.2 Å². The van der Waals surface area contributed by atoms with E-state index < -0.39 is 0 Å². The number of anilines is 1. The van der Waals surface area contributed by atoms with Gasteiger partial charge in [-0.3, -0.25) is 9.69 Å². The van der Waals surface area contributed by atoms with Crippen LogP contribution < -0.4 is 9.64 Å². The first-order chi connectivity index (χ1) is 13.1. The Morgan fingerprint density at radius 1 is 1.15 bits per heavy atom. The SMILES string of the molecule is CC(=O)c1ccc(C#N)cc1N1CCN(CCOc2ccc(Cl)cc2)CC1. The van der Waals surface area contributed by atoms with E-state index in [0.29, 0.717) is 22.8 Å². The van der Waals surface area contributed by atoms with E-state index >= 15 is 0 Å². The summed E-state index contributed by atoms with van der Waals surface area (Å²) in [6.45, 7) is 6.43. The van der Waals surface area contributed by atoms with Gasteiger partial charge in [0.2, 0.25) is 0 Å². The highest BCUT2D eigenvalue weighted by molar-refractivity contribution is 6.30. The topological polar surface area (TPSA) is 56.6 Å². The van der Waals surface area contributed by atoms with Crippen molar-refractivity contribution in [3.8, 4) is 11.8 Å². The van der Waals surface area contributed by atoms with E-state index in [1.165, 1.54) is 0 Å². The number of hydrogen-bond acceptors (Lipinski definition) is 5. The van der Waals surface area contributed by atoms with Crippen LogP contribution in [0.5, 0.6) is 5.75 Å². The third-order valence-corrected chi connectivity index (χ3v) is 4.96. The molecule has 0 unspecified atom stereocenters. The van der Waals surface area contributed by atoms with E-state index in [4.69, 9.17) is 21.6 Å². The zero-order chi connectivity index (χ0) is 19.2. The van der Waals surface area contributed by atoms with Crippen molar-refractivity contribution in [2.75, 3.05) is 44.2 Å². The molecule has 140 valence electrons. The number of nitriles is 1. The molecule has 0 amide bonds. The molecule has 3 rings (SSSR count). The lowest BCUT2D eigenvalue weighted by atomic mass is 10.0. The summed E-state index contributed by atoms with van der Waals surface area (Å²) in [5, 5.41) is 9.85. The zero-order valence-corrected chi connectivity index (χ0v) is 16.1. The number of ether oxygens (including phenoxy) is 1. The Morgan fingerprint density at radius 3 is 2.48 bits per heavy atom. The Morgan fingerprint density at radius 2 is 1.85 bits per heavy atom. The second-order valence-electron chi connectivity index (χ2n) is 6.53. The smallest absolute Gasteiger partial charge is 0.161 e. The fourth-order valence-electron chi connectivity index (χ4n) is 3.20. The molecule has 0 bridgehead atoms. The minimum absolute atomic E-state index is 0.0216. The Balaban J connectivity index is 1.54. The molecule has 1 aliphatic heterocycles. The summed E-state index contributed by atoms with van der Waals surface area (Å²) in [6.07, 6.45) is 0. The monoisotopic (exact) mass is 383 g/mol. The van der Waals surface area contributed by atoms with Crippen LogP contribution in [-0.4, -0.2) is 50.0 Å². The quantitative estimate of drug-likeness (QED) is 0.713. The molecule has 0 saturated carbocycles. The van der Waals surface area contributed by atoms with Gasteiger partial charge in [-0.05, 0) is 49.4 Å². The molecule has 1 saturated heterocycles. The maximum Gasteiger partial charge on any atom is 0.161 e. The molecular formula is C21H22ClN3O2. The lowest BCUT2D eigenvalue weighted by Gasteiger charge is -2.36.